The van der Waals surface area contributed by atoms with Gasteiger partial charge in [0, 0.05) is 13.1 Å². The topological polar surface area (TPSA) is 53.7 Å². The van der Waals surface area contributed by atoms with Gasteiger partial charge in [0.1, 0.15) is 12.1 Å². The van der Waals surface area contributed by atoms with Crippen molar-refractivity contribution in [3.8, 4) is 0 Å². The molecule has 0 saturated carbocycles. The molecular weight excluding hydrogens is 228 g/mol. The molecule has 0 aliphatic carbocycles. The fourth-order valence-electron chi connectivity index (χ4n) is 2.68. The minimum absolute atomic E-state index is 0.616. The SMILES string of the molecule is Cc1cc(N2CCCC(C)(O)C2)n2ncnc2c1. The van der Waals surface area contributed by atoms with E-state index >= 15 is 0 Å². The van der Waals surface area contributed by atoms with Crippen molar-refractivity contribution in [2.45, 2.75) is 32.3 Å². The van der Waals surface area contributed by atoms with Gasteiger partial charge in [-0.05, 0) is 44.4 Å². The molecule has 1 atom stereocenters. The second-order valence-corrected chi connectivity index (χ2v) is 5.44. The van der Waals surface area contributed by atoms with Crippen LogP contribution in [0.3, 0.4) is 0 Å². The molecule has 2 aromatic rings. The van der Waals surface area contributed by atoms with Gasteiger partial charge in [-0.3, -0.25) is 0 Å². The van der Waals surface area contributed by atoms with Crippen LogP contribution in [0.25, 0.3) is 5.65 Å². The molecule has 5 heteroatoms. The molecule has 0 spiro atoms. The number of rotatable bonds is 1. The molecule has 0 amide bonds. The van der Waals surface area contributed by atoms with E-state index in [1.807, 2.05) is 17.5 Å². The fraction of sp³-hybridized carbons (Fsp3) is 0.538. The molecule has 3 heterocycles. The van der Waals surface area contributed by atoms with Crippen LogP contribution in [0.4, 0.5) is 5.82 Å². The Balaban J connectivity index is 2.05. The second-order valence-electron chi connectivity index (χ2n) is 5.44. The normalized spacial score (nSPS) is 24.7. The largest absolute Gasteiger partial charge is 0.388 e. The van der Waals surface area contributed by atoms with Crippen LogP contribution < -0.4 is 4.90 Å². The lowest BCUT2D eigenvalue weighted by Gasteiger charge is -2.38. The molecule has 2 aromatic heterocycles. The number of fused-ring (bicyclic) bond motifs is 1. The summed E-state index contributed by atoms with van der Waals surface area (Å²) in [7, 11) is 0. The molecule has 0 aromatic carbocycles. The Kier molecular flexibility index (Phi) is 2.52. The Morgan fingerprint density at radius 3 is 3.00 bits per heavy atom. The van der Waals surface area contributed by atoms with Crippen molar-refractivity contribution in [2.24, 2.45) is 0 Å². The van der Waals surface area contributed by atoms with Gasteiger partial charge in [-0.15, -0.1) is 0 Å². The van der Waals surface area contributed by atoms with Gasteiger partial charge in [0.15, 0.2) is 5.65 Å². The summed E-state index contributed by atoms with van der Waals surface area (Å²) in [5, 5.41) is 14.5. The highest BCUT2D eigenvalue weighted by molar-refractivity contribution is 5.53. The molecule has 5 nitrogen and oxygen atoms in total. The maximum absolute atomic E-state index is 10.2. The molecule has 1 saturated heterocycles. The zero-order valence-corrected chi connectivity index (χ0v) is 10.8. The first kappa shape index (κ1) is 11.5. The molecule has 1 fully saturated rings. The van der Waals surface area contributed by atoms with Crippen LogP contribution in [0.1, 0.15) is 25.3 Å². The first-order valence-electron chi connectivity index (χ1n) is 6.33. The van der Waals surface area contributed by atoms with E-state index < -0.39 is 5.60 Å². The van der Waals surface area contributed by atoms with E-state index in [4.69, 9.17) is 0 Å². The highest BCUT2D eigenvalue weighted by atomic mass is 16.3. The quantitative estimate of drug-likeness (QED) is 0.826. The van der Waals surface area contributed by atoms with Crippen molar-refractivity contribution < 1.29 is 5.11 Å². The number of hydrogen-bond donors (Lipinski definition) is 1. The minimum atomic E-state index is -0.616. The number of piperidine rings is 1. The van der Waals surface area contributed by atoms with Crippen LogP contribution in [0.15, 0.2) is 18.5 Å². The lowest BCUT2D eigenvalue weighted by molar-refractivity contribution is 0.0446. The number of anilines is 1. The maximum Gasteiger partial charge on any atom is 0.157 e. The molecule has 96 valence electrons. The van der Waals surface area contributed by atoms with Crippen LogP contribution in [0.5, 0.6) is 0 Å². The molecule has 18 heavy (non-hydrogen) atoms. The van der Waals surface area contributed by atoms with E-state index in [1.54, 1.807) is 6.33 Å². The predicted octanol–water partition coefficient (Wildman–Crippen LogP) is 1.39. The summed E-state index contributed by atoms with van der Waals surface area (Å²) in [6.07, 6.45) is 3.42. The molecule has 0 radical (unpaired) electrons. The summed E-state index contributed by atoms with van der Waals surface area (Å²) < 4.78 is 1.84. The number of nitrogens with zero attached hydrogens (tertiary/aromatic N) is 4. The van der Waals surface area contributed by atoms with Crippen LogP contribution in [0, 0.1) is 6.92 Å². The Hall–Kier alpha value is -1.62. The maximum atomic E-state index is 10.2. The van der Waals surface area contributed by atoms with E-state index in [-0.39, 0.29) is 0 Å². The van der Waals surface area contributed by atoms with Crippen molar-refractivity contribution in [1.29, 1.82) is 0 Å². The minimum Gasteiger partial charge on any atom is -0.388 e. The highest BCUT2D eigenvalue weighted by Crippen LogP contribution is 2.26. The van der Waals surface area contributed by atoms with E-state index in [1.165, 1.54) is 0 Å². The zero-order valence-electron chi connectivity index (χ0n) is 10.8. The van der Waals surface area contributed by atoms with Crippen molar-refractivity contribution in [2.75, 3.05) is 18.0 Å². The van der Waals surface area contributed by atoms with Gasteiger partial charge >= 0.3 is 0 Å². The van der Waals surface area contributed by atoms with Gasteiger partial charge in [0.2, 0.25) is 0 Å². The van der Waals surface area contributed by atoms with E-state index in [0.717, 1.165) is 36.4 Å². The molecule has 0 bridgehead atoms. The lowest BCUT2D eigenvalue weighted by atomic mass is 9.95. The monoisotopic (exact) mass is 246 g/mol. The Labute approximate surface area is 106 Å². The number of aromatic nitrogens is 3. The van der Waals surface area contributed by atoms with Gasteiger partial charge in [-0.2, -0.15) is 9.61 Å². The molecule has 1 aliphatic heterocycles. The average Bonchev–Trinajstić information content (AvgIpc) is 2.74. The van der Waals surface area contributed by atoms with E-state index in [0.29, 0.717) is 6.54 Å². The molecule has 1 aliphatic rings. The van der Waals surface area contributed by atoms with E-state index in [9.17, 15) is 5.11 Å². The smallest absolute Gasteiger partial charge is 0.157 e. The Morgan fingerprint density at radius 2 is 2.22 bits per heavy atom. The van der Waals surface area contributed by atoms with Crippen LogP contribution in [-0.2, 0) is 0 Å². The summed E-state index contributed by atoms with van der Waals surface area (Å²) in [4.78, 5) is 6.43. The van der Waals surface area contributed by atoms with Crippen LogP contribution >= 0.6 is 0 Å². The number of hydrogen-bond acceptors (Lipinski definition) is 4. The number of aliphatic hydroxyl groups is 1. The van der Waals surface area contributed by atoms with Gasteiger partial charge in [0.25, 0.3) is 0 Å². The van der Waals surface area contributed by atoms with Gasteiger partial charge in [-0.25, -0.2) is 4.98 Å². The molecule has 3 rings (SSSR count). The first-order valence-corrected chi connectivity index (χ1v) is 6.33. The highest BCUT2D eigenvalue weighted by Gasteiger charge is 2.29. The third kappa shape index (κ3) is 1.95. The van der Waals surface area contributed by atoms with Crippen molar-refractivity contribution in [3.05, 3.63) is 24.0 Å². The summed E-state index contributed by atoms with van der Waals surface area (Å²) >= 11 is 0. The molecular formula is C13H18N4O. The van der Waals surface area contributed by atoms with Gasteiger partial charge in [0.05, 0.1) is 5.60 Å². The zero-order chi connectivity index (χ0) is 12.8. The Morgan fingerprint density at radius 1 is 1.39 bits per heavy atom. The van der Waals surface area contributed by atoms with E-state index in [2.05, 4.69) is 28.0 Å². The van der Waals surface area contributed by atoms with Crippen molar-refractivity contribution >= 4 is 11.5 Å². The van der Waals surface area contributed by atoms with Crippen molar-refractivity contribution in [3.63, 3.8) is 0 Å². The third-order valence-corrected chi connectivity index (χ3v) is 3.50. The number of aryl methyl sites for hydroxylation is 1. The number of pyridine rings is 1. The number of β-amino-alcohol motifs (C(OH)–C–C–N with tert-alkyl or cyclic N) is 1. The average molecular weight is 246 g/mol. The lowest BCUT2D eigenvalue weighted by Crippen LogP contribution is -2.46. The van der Waals surface area contributed by atoms with Crippen LogP contribution in [0.2, 0.25) is 0 Å². The van der Waals surface area contributed by atoms with Crippen LogP contribution in [-0.4, -0.2) is 38.4 Å². The van der Waals surface area contributed by atoms with Gasteiger partial charge < -0.3 is 10.0 Å². The summed E-state index contributed by atoms with van der Waals surface area (Å²) in [5.41, 5.74) is 1.40. The second kappa shape index (κ2) is 3.95. The third-order valence-electron chi connectivity index (χ3n) is 3.50. The first-order chi connectivity index (χ1) is 8.55. The van der Waals surface area contributed by atoms with Gasteiger partial charge in [-0.1, -0.05) is 0 Å². The summed E-state index contributed by atoms with van der Waals surface area (Å²) in [6.45, 7) is 5.55. The summed E-state index contributed by atoms with van der Waals surface area (Å²) in [6, 6.07) is 4.11. The molecule has 1 N–H and O–H groups in total. The standard InChI is InChI=1S/C13H18N4O/c1-10-6-11-14-9-15-17(11)12(7-10)16-5-3-4-13(2,18)8-16/h6-7,9,18H,3-5,8H2,1-2H3. The predicted molar refractivity (Wildman–Crippen MR) is 69.8 cm³/mol. The van der Waals surface area contributed by atoms with Crippen molar-refractivity contribution in [1.82, 2.24) is 14.6 Å². The molecule has 1 unspecified atom stereocenters. The summed E-state index contributed by atoms with van der Waals surface area (Å²) in [5.74, 6) is 1.02. The fourth-order valence-corrected chi connectivity index (χ4v) is 2.68. The Bertz CT molecular complexity index is 575.